The standard InChI is InChI=1S/C9H16N2O4S/c10-8(14)5-16-2-1-9(15)11-3-6(12)7(13)4-11/h6-7,12-13H,1-5H2,(H2,10,14). The van der Waals surface area contributed by atoms with Crippen molar-refractivity contribution >= 4 is 23.6 Å². The lowest BCUT2D eigenvalue weighted by Gasteiger charge is -2.14. The molecule has 2 amide bonds. The van der Waals surface area contributed by atoms with E-state index in [1.165, 1.54) is 16.7 Å². The van der Waals surface area contributed by atoms with E-state index >= 15 is 0 Å². The van der Waals surface area contributed by atoms with Gasteiger partial charge in [0.2, 0.25) is 11.8 Å². The predicted molar refractivity (Wildman–Crippen MR) is 59.7 cm³/mol. The van der Waals surface area contributed by atoms with Gasteiger partial charge in [-0.3, -0.25) is 9.59 Å². The third-order valence-corrected chi connectivity index (χ3v) is 3.30. The summed E-state index contributed by atoms with van der Waals surface area (Å²) in [6, 6.07) is 0. The van der Waals surface area contributed by atoms with Crippen LogP contribution in [0, 0.1) is 0 Å². The minimum absolute atomic E-state index is 0.118. The number of hydrogen-bond donors (Lipinski definition) is 3. The second-order valence-electron chi connectivity index (χ2n) is 3.70. The van der Waals surface area contributed by atoms with Gasteiger partial charge in [0.1, 0.15) is 0 Å². The molecule has 0 saturated carbocycles. The van der Waals surface area contributed by atoms with Crippen LogP contribution < -0.4 is 5.73 Å². The lowest BCUT2D eigenvalue weighted by molar-refractivity contribution is -0.130. The molecule has 92 valence electrons. The maximum absolute atomic E-state index is 11.6. The summed E-state index contributed by atoms with van der Waals surface area (Å²) in [5, 5.41) is 18.5. The van der Waals surface area contributed by atoms with Crippen molar-refractivity contribution in [2.45, 2.75) is 18.6 Å². The highest BCUT2D eigenvalue weighted by molar-refractivity contribution is 7.99. The summed E-state index contributed by atoms with van der Waals surface area (Å²) in [6.45, 7) is 0.362. The van der Waals surface area contributed by atoms with Gasteiger partial charge in [-0.25, -0.2) is 0 Å². The molecule has 0 bridgehead atoms. The Hall–Kier alpha value is -0.790. The quantitative estimate of drug-likeness (QED) is 0.496. The third-order valence-electron chi connectivity index (χ3n) is 2.32. The van der Waals surface area contributed by atoms with Crippen LogP contribution >= 0.6 is 11.8 Å². The van der Waals surface area contributed by atoms with Crippen LogP contribution in [0.2, 0.25) is 0 Å². The van der Waals surface area contributed by atoms with Crippen molar-refractivity contribution < 1.29 is 19.8 Å². The van der Waals surface area contributed by atoms with Crippen molar-refractivity contribution in [3.63, 3.8) is 0 Å². The summed E-state index contributed by atoms with van der Waals surface area (Å²) in [4.78, 5) is 23.4. The molecular weight excluding hydrogens is 232 g/mol. The summed E-state index contributed by atoms with van der Waals surface area (Å²) >= 11 is 1.30. The van der Waals surface area contributed by atoms with E-state index < -0.39 is 18.1 Å². The number of likely N-dealkylation sites (tertiary alicyclic amines) is 1. The number of carbonyl (C=O) groups excluding carboxylic acids is 2. The normalized spacial score (nSPS) is 24.8. The van der Waals surface area contributed by atoms with E-state index in [0.29, 0.717) is 5.75 Å². The molecule has 0 aliphatic carbocycles. The van der Waals surface area contributed by atoms with Gasteiger partial charge in [0.15, 0.2) is 0 Å². The first-order chi connectivity index (χ1) is 7.50. The molecule has 0 radical (unpaired) electrons. The molecule has 1 heterocycles. The zero-order valence-corrected chi connectivity index (χ0v) is 9.65. The lowest BCUT2D eigenvalue weighted by atomic mass is 10.3. The molecule has 1 aliphatic heterocycles. The summed E-state index contributed by atoms with van der Waals surface area (Å²) in [6.07, 6.45) is -1.40. The van der Waals surface area contributed by atoms with E-state index in [2.05, 4.69) is 0 Å². The first-order valence-corrected chi connectivity index (χ1v) is 6.16. The van der Waals surface area contributed by atoms with Crippen LogP contribution in [0.1, 0.15) is 6.42 Å². The van der Waals surface area contributed by atoms with E-state index in [-0.39, 0.29) is 31.2 Å². The topological polar surface area (TPSA) is 104 Å². The molecule has 2 unspecified atom stereocenters. The summed E-state index contributed by atoms with van der Waals surface area (Å²) < 4.78 is 0. The molecule has 1 fully saturated rings. The summed E-state index contributed by atoms with van der Waals surface area (Å²) in [5.74, 6) is 0.209. The van der Waals surface area contributed by atoms with Crippen molar-refractivity contribution in [3.8, 4) is 0 Å². The molecule has 0 aromatic heterocycles. The van der Waals surface area contributed by atoms with Crippen LogP contribution in [0.15, 0.2) is 0 Å². The van der Waals surface area contributed by atoms with Crippen molar-refractivity contribution in [2.24, 2.45) is 5.73 Å². The highest BCUT2D eigenvalue weighted by atomic mass is 32.2. The van der Waals surface area contributed by atoms with Crippen LogP contribution in [-0.4, -0.2) is 63.7 Å². The average molecular weight is 248 g/mol. The van der Waals surface area contributed by atoms with Gasteiger partial charge in [-0.2, -0.15) is 11.8 Å². The Kier molecular flexibility index (Phi) is 5.04. The molecule has 1 saturated heterocycles. The molecule has 7 heteroatoms. The number of rotatable bonds is 5. The second-order valence-corrected chi connectivity index (χ2v) is 4.81. The Morgan fingerprint density at radius 3 is 2.38 bits per heavy atom. The van der Waals surface area contributed by atoms with Gasteiger partial charge in [-0.15, -0.1) is 0 Å². The van der Waals surface area contributed by atoms with Gasteiger partial charge in [-0.1, -0.05) is 0 Å². The average Bonchev–Trinajstić information content (AvgIpc) is 2.54. The fourth-order valence-corrected chi connectivity index (χ4v) is 2.13. The van der Waals surface area contributed by atoms with E-state index in [1.807, 2.05) is 0 Å². The lowest BCUT2D eigenvalue weighted by Crippen LogP contribution is -2.30. The number of thioether (sulfide) groups is 1. The number of aliphatic hydroxyl groups excluding tert-OH is 2. The highest BCUT2D eigenvalue weighted by Crippen LogP contribution is 2.12. The Bertz CT molecular complexity index is 264. The maximum Gasteiger partial charge on any atom is 0.227 e. The number of nitrogens with two attached hydrogens (primary N) is 1. The van der Waals surface area contributed by atoms with E-state index in [4.69, 9.17) is 5.73 Å². The molecule has 0 spiro atoms. The third kappa shape index (κ3) is 3.99. The van der Waals surface area contributed by atoms with E-state index in [9.17, 15) is 19.8 Å². The first-order valence-electron chi connectivity index (χ1n) is 5.00. The molecule has 6 nitrogen and oxygen atoms in total. The summed E-state index contributed by atoms with van der Waals surface area (Å²) in [5.41, 5.74) is 4.95. The number of β-amino-alcohol motifs (C(OH)–C–C–N with tert-alkyl or cyclic N) is 2. The van der Waals surface area contributed by atoms with Crippen LogP contribution in [0.25, 0.3) is 0 Å². The van der Waals surface area contributed by atoms with Crippen LogP contribution in [0.4, 0.5) is 0 Å². The van der Waals surface area contributed by atoms with Gasteiger partial charge >= 0.3 is 0 Å². The minimum atomic E-state index is -0.845. The zero-order valence-electron chi connectivity index (χ0n) is 8.83. The van der Waals surface area contributed by atoms with E-state index in [0.717, 1.165) is 0 Å². The van der Waals surface area contributed by atoms with Crippen LogP contribution in [-0.2, 0) is 9.59 Å². The number of amides is 2. The monoisotopic (exact) mass is 248 g/mol. The number of carbonyl (C=O) groups is 2. The maximum atomic E-state index is 11.6. The molecule has 1 rings (SSSR count). The molecule has 16 heavy (non-hydrogen) atoms. The molecule has 0 aromatic rings. The van der Waals surface area contributed by atoms with Gasteiger partial charge in [0.25, 0.3) is 0 Å². The fraction of sp³-hybridized carbons (Fsp3) is 0.778. The Morgan fingerprint density at radius 2 is 1.88 bits per heavy atom. The SMILES string of the molecule is NC(=O)CSCCC(=O)N1CC(O)C(O)C1. The number of primary amides is 1. The Labute approximate surface area is 97.8 Å². The van der Waals surface area contributed by atoms with Crippen molar-refractivity contribution in [3.05, 3.63) is 0 Å². The fourth-order valence-electron chi connectivity index (χ4n) is 1.46. The molecule has 2 atom stereocenters. The highest BCUT2D eigenvalue weighted by Gasteiger charge is 2.31. The molecule has 4 N–H and O–H groups in total. The second kappa shape index (κ2) is 6.07. The largest absolute Gasteiger partial charge is 0.388 e. The van der Waals surface area contributed by atoms with E-state index in [1.54, 1.807) is 0 Å². The number of hydrogen-bond acceptors (Lipinski definition) is 5. The van der Waals surface area contributed by atoms with Crippen molar-refractivity contribution in [2.75, 3.05) is 24.6 Å². The summed E-state index contributed by atoms with van der Waals surface area (Å²) in [7, 11) is 0. The molecule has 0 aromatic carbocycles. The molecule has 1 aliphatic rings. The van der Waals surface area contributed by atoms with Crippen LogP contribution in [0.3, 0.4) is 0 Å². The number of nitrogens with zero attached hydrogens (tertiary/aromatic N) is 1. The number of aliphatic hydroxyl groups is 2. The van der Waals surface area contributed by atoms with Gasteiger partial charge in [-0.05, 0) is 0 Å². The first kappa shape index (κ1) is 13.3. The predicted octanol–water partition coefficient (Wildman–Crippen LogP) is -1.84. The Balaban J connectivity index is 2.18. The van der Waals surface area contributed by atoms with Gasteiger partial charge < -0.3 is 20.8 Å². The minimum Gasteiger partial charge on any atom is -0.388 e. The van der Waals surface area contributed by atoms with Gasteiger partial charge in [0, 0.05) is 25.3 Å². The van der Waals surface area contributed by atoms with Gasteiger partial charge in [0.05, 0.1) is 18.0 Å². The smallest absolute Gasteiger partial charge is 0.227 e. The zero-order chi connectivity index (χ0) is 12.1. The van der Waals surface area contributed by atoms with Crippen LogP contribution in [0.5, 0.6) is 0 Å². The Morgan fingerprint density at radius 1 is 1.31 bits per heavy atom. The van der Waals surface area contributed by atoms with Crippen molar-refractivity contribution in [1.82, 2.24) is 4.90 Å². The molecular formula is C9H16N2O4S. The van der Waals surface area contributed by atoms with Crippen molar-refractivity contribution in [1.29, 1.82) is 0 Å².